The van der Waals surface area contributed by atoms with Gasteiger partial charge in [0, 0.05) is 19.3 Å². The molecule has 0 amide bonds. The molecular formula is C70H128O6. The average molecular weight is 1070 g/mol. The molecule has 6 nitrogen and oxygen atoms in total. The molecule has 0 radical (unpaired) electrons. The lowest BCUT2D eigenvalue weighted by Crippen LogP contribution is -2.30. The Hall–Kier alpha value is -2.63. The van der Waals surface area contributed by atoms with E-state index in [0.717, 1.165) is 70.6 Å². The quantitative estimate of drug-likeness (QED) is 0.0261. The summed E-state index contributed by atoms with van der Waals surface area (Å²) in [5.41, 5.74) is 0. The van der Waals surface area contributed by atoms with Gasteiger partial charge in [0.2, 0.25) is 0 Å². The van der Waals surface area contributed by atoms with Crippen LogP contribution in [0.2, 0.25) is 0 Å². The van der Waals surface area contributed by atoms with Crippen LogP contribution in [0.1, 0.15) is 361 Å². The van der Waals surface area contributed by atoms with Gasteiger partial charge in [-0.3, -0.25) is 14.4 Å². The molecule has 1 atom stereocenters. The summed E-state index contributed by atoms with van der Waals surface area (Å²) in [5, 5.41) is 0. The Morgan fingerprint density at radius 1 is 0.263 bits per heavy atom. The third-order valence-electron chi connectivity index (χ3n) is 15.0. The molecule has 0 aromatic carbocycles. The van der Waals surface area contributed by atoms with E-state index in [1.807, 2.05) is 0 Å². The van der Waals surface area contributed by atoms with Crippen molar-refractivity contribution < 1.29 is 28.6 Å². The number of carbonyl (C=O) groups excluding carboxylic acids is 3. The summed E-state index contributed by atoms with van der Waals surface area (Å²) in [7, 11) is 0. The van der Waals surface area contributed by atoms with Crippen molar-refractivity contribution in [1.29, 1.82) is 0 Å². The maximum absolute atomic E-state index is 12.9. The Kier molecular flexibility index (Phi) is 62.6. The van der Waals surface area contributed by atoms with Gasteiger partial charge in [-0.2, -0.15) is 0 Å². The lowest BCUT2D eigenvalue weighted by atomic mass is 10.0. The molecular weight excluding hydrogens is 937 g/mol. The van der Waals surface area contributed by atoms with Crippen molar-refractivity contribution in [3.63, 3.8) is 0 Å². The van der Waals surface area contributed by atoms with E-state index in [0.29, 0.717) is 19.3 Å². The van der Waals surface area contributed by atoms with Crippen molar-refractivity contribution in [2.24, 2.45) is 0 Å². The molecule has 0 aromatic heterocycles. The fourth-order valence-electron chi connectivity index (χ4n) is 9.94. The van der Waals surface area contributed by atoms with Crippen LogP contribution in [0, 0.1) is 0 Å². The second-order valence-corrected chi connectivity index (χ2v) is 22.7. The number of allylic oxidation sites excluding steroid dienone is 8. The molecule has 0 saturated heterocycles. The molecule has 444 valence electrons. The Labute approximate surface area is 473 Å². The van der Waals surface area contributed by atoms with Gasteiger partial charge in [0.1, 0.15) is 13.2 Å². The summed E-state index contributed by atoms with van der Waals surface area (Å²) in [6.07, 6.45) is 81.3. The first-order valence-electron chi connectivity index (χ1n) is 33.6. The van der Waals surface area contributed by atoms with Gasteiger partial charge >= 0.3 is 17.9 Å². The standard InChI is InChI=1S/C70H128O6/c1-4-7-10-13-16-19-22-25-27-29-31-32-33-34-35-36-37-38-40-41-43-45-48-51-54-57-60-63-69(72)75-66-67(65-74-68(71)62-59-56-53-50-47-24-21-18-15-12-9-6-3)76-70(73)64-61-58-55-52-49-46-44-42-39-30-28-26-23-20-17-14-11-8-5-2/h18,21-22,25-26,28-29,31,67H,4-17,19-20,23-24,27,30,32-66H2,1-3H3/b21-18-,25-22-,28-26-,31-29-. The third kappa shape index (κ3) is 62.2. The van der Waals surface area contributed by atoms with Crippen molar-refractivity contribution in [2.45, 2.75) is 367 Å². The van der Waals surface area contributed by atoms with E-state index in [9.17, 15) is 14.4 Å². The van der Waals surface area contributed by atoms with Crippen LogP contribution >= 0.6 is 0 Å². The number of carbonyl (C=O) groups is 3. The zero-order valence-electron chi connectivity index (χ0n) is 51.0. The van der Waals surface area contributed by atoms with Gasteiger partial charge < -0.3 is 14.2 Å². The second-order valence-electron chi connectivity index (χ2n) is 22.7. The number of hydrogen-bond donors (Lipinski definition) is 0. The molecule has 0 rings (SSSR count). The molecule has 0 aliphatic heterocycles. The second kappa shape index (κ2) is 64.9. The van der Waals surface area contributed by atoms with Gasteiger partial charge in [0.05, 0.1) is 0 Å². The highest BCUT2D eigenvalue weighted by Crippen LogP contribution is 2.17. The van der Waals surface area contributed by atoms with Crippen LogP contribution in [0.25, 0.3) is 0 Å². The molecule has 0 aliphatic carbocycles. The lowest BCUT2D eigenvalue weighted by molar-refractivity contribution is -0.167. The summed E-state index contributed by atoms with van der Waals surface area (Å²) in [4.78, 5) is 38.3. The summed E-state index contributed by atoms with van der Waals surface area (Å²) in [5.74, 6) is -0.864. The molecule has 1 unspecified atom stereocenters. The molecule has 0 saturated carbocycles. The Balaban J connectivity index is 4.22. The van der Waals surface area contributed by atoms with Crippen LogP contribution in [0.5, 0.6) is 0 Å². The van der Waals surface area contributed by atoms with Crippen molar-refractivity contribution in [3.8, 4) is 0 Å². The molecule has 0 fully saturated rings. The Morgan fingerprint density at radius 3 is 0.763 bits per heavy atom. The van der Waals surface area contributed by atoms with E-state index in [-0.39, 0.29) is 31.1 Å². The van der Waals surface area contributed by atoms with E-state index in [2.05, 4.69) is 69.4 Å². The summed E-state index contributed by atoms with van der Waals surface area (Å²) in [6, 6.07) is 0. The smallest absolute Gasteiger partial charge is 0.306 e. The van der Waals surface area contributed by atoms with Crippen molar-refractivity contribution >= 4 is 17.9 Å². The van der Waals surface area contributed by atoms with E-state index < -0.39 is 6.10 Å². The number of esters is 3. The summed E-state index contributed by atoms with van der Waals surface area (Å²) >= 11 is 0. The predicted molar refractivity (Wildman–Crippen MR) is 330 cm³/mol. The lowest BCUT2D eigenvalue weighted by Gasteiger charge is -2.18. The minimum absolute atomic E-state index is 0.0734. The Morgan fingerprint density at radius 2 is 0.474 bits per heavy atom. The number of rotatable bonds is 62. The van der Waals surface area contributed by atoms with E-state index >= 15 is 0 Å². The zero-order chi connectivity index (χ0) is 55.0. The van der Waals surface area contributed by atoms with Crippen LogP contribution in [-0.4, -0.2) is 37.2 Å². The Bertz CT molecular complexity index is 1310. The highest BCUT2D eigenvalue weighted by atomic mass is 16.6. The first-order valence-corrected chi connectivity index (χ1v) is 33.6. The number of unbranched alkanes of at least 4 members (excludes halogenated alkanes) is 43. The molecule has 0 N–H and O–H groups in total. The number of ether oxygens (including phenoxy) is 3. The van der Waals surface area contributed by atoms with Gasteiger partial charge in [-0.1, -0.05) is 288 Å². The minimum atomic E-state index is -0.777. The third-order valence-corrected chi connectivity index (χ3v) is 15.0. The topological polar surface area (TPSA) is 78.9 Å². The van der Waals surface area contributed by atoms with Crippen LogP contribution in [0.15, 0.2) is 48.6 Å². The van der Waals surface area contributed by atoms with E-state index in [1.54, 1.807) is 0 Å². The zero-order valence-corrected chi connectivity index (χ0v) is 51.0. The molecule has 0 bridgehead atoms. The minimum Gasteiger partial charge on any atom is -0.462 e. The molecule has 0 aromatic rings. The van der Waals surface area contributed by atoms with E-state index in [1.165, 1.54) is 250 Å². The van der Waals surface area contributed by atoms with Gasteiger partial charge in [-0.05, 0) is 103 Å². The molecule has 0 spiro atoms. The highest BCUT2D eigenvalue weighted by molar-refractivity contribution is 5.71. The van der Waals surface area contributed by atoms with Crippen molar-refractivity contribution in [1.82, 2.24) is 0 Å². The van der Waals surface area contributed by atoms with Gasteiger partial charge in [0.25, 0.3) is 0 Å². The first-order chi connectivity index (χ1) is 37.5. The maximum atomic E-state index is 12.9. The van der Waals surface area contributed by atoms with Gasteiger partial charge in [-0.15, -0.1) is 0 Å². The molecule has 0 heterocycles. The maximum Gasteiger partial charge on any atom is 0.306 e. The number of hydrogen-bond acceptors (Lipinski definition) is 6. The fourth-order valence-corrected chi connectivity index (χ4v) is 9.94. The van der Waals surface area contributed by atoms with Crippen LogP contribution in [0.4, 0.5) is 0 Å². The van der Waals surface area contributed by atoms with Gasteiger partial charge in [-0.25, -0.2) is 0 Å². The van der Waals surface area contributed by atoms with Crippen LogP contribution in [-0.2, 0) is 28.6 Å². The SMILES string of the molecule is CCCCC/C=C\CCCCCCCC(=O)OCC(COC(=O)CCCCCCCCCCCCCCCCC/C=C\C/C=C\CCCCCCC)OC(=O)CCCCCCCCCCC/C=C\CCCCCCCC. The van der Waals surface area contributed by atoms with Crippen molar-refractivity contribution in [2.75, 3.05) is 13.2 Å². The summed E-state index contributed by atoms with van der Waals surface area (Å²) in [6.45, 7) is 6.65. The fraction of sp³-hybridized carbons (Fsp3) is 0.843. The summed E-state index contributed by atoms with van der Waals surface area (Å²) < 4.78 is 16.9. The normalized spacial score (nSPS) is 12.3. The molecule has 0 aliphatic rings. The average Bonchev–Trinajstić information content (AvgIpc) is 3.42. The van der Waals surface area contributed by atoms with Crippen LogP contribution in [0.3, 0.4) is 0 Å². The first kappa shape index (κ1) is 73.4. The van der Waals surface area contributed by atoms with Crippen molar-refractivity contribution in [3.05, 3.63) is 48.6 Å². The molecule has 76 heavy (non-hydrogen) atoms. The predicted octanol–water partition coefficient (Wildman–Crippen LogP) is 22.9. The molecule has 6 heteroatoms. The van der Waals surface area contributed by atoms with Gasteiger partial charge in [0.15, 0.2) is 6.10 Å². The van der Waals surface area contributed by atoms with E-state index in [4.69, 9.17) is 14.2 Å². The largest absolute Gasteiger partial charge is 0.462 e. The van der Waals surface area contributed by atoms with Crippen LogP contribution < -0.4 is 0 Å². The highest BCUT2D eigenvalue weighted by Gasteiger charge is 2.19. The monoisotopic (exact) mass is 1060 g/mol.